The summed E-state index contributed by atoms with van der Waals surface area (Å²) in [5, 5.41) is 18.5. The molecule has 0 saturated heterocycles. The summed E-state index contributed by atoms with van der Waals surface area (Å²) in [4.78, 5) is 56.5. The molecule has 0 aromatic heterocycles. The summed E-state index contributed by atoms with van der Waals surface area (Å²) in [7, 11) is 1.67. The van der Waals surface area contributed by atoms with Gasteiger partial charge in [0.25, 0.3) is 0 Å². The highest BCUT2D eigenvalue weighted by Gasteiger charge is 2.22. The third kappa shape index (κ3) is 11.1. The molecule has 0 unspecified atom stereocenters. The van der Waals surface area contributed by atoms with E-state index in [0.717, 1.165) is 0 Å². The first-order chi connectivity index (χ1) is 11.3. The van der Waals surface area contributed by atoms with Crippen molar-refractivity contribution in [3.8, 4) is 0 Å². The second-order valence-electron chi connectivity index (χ2n) is 5.10. The molecule has 0 radical (unpaired) electrons. The van der Waals surface area contributed by atoms with Crippen LogP contribution in [0.3, 0.4) is 0 Å². The average molecular weight is 344 g/mol. The predicted molar refractivity (Wildman–Crippen MR) is 84.0 cm³/mol. The van der Waals surface area contributed by atoms with Crippen LogP contribution in [-0.2, 0) is 24.0 Å². The second-order valence-corrected chi connectivity index (χ2v) is 5.10. The van der Waals surface area contributed by atoms with E-state index in [9.17, 15) is 24.0 Å². The smallest absolute Gasteiger partial charge is 0.303 e. The van der Waals surface area contributed by atoms with E-state index in [0.29, 0.717) is 6.54 Å². The van der Waals surface area contributed by atoms with Crippen molar-refractivity contribution >= 4 is 29.5 Å². The number of hydrogen-bond donors (Lipinski definition) is 5. The molecule has 0 aromatic carbocycles. The Hall–Kier alpha value is -2.49. The quantitative estimate of drug-likeness (QED) is 0.268. The molecule has 10 nitrogen and oxygen atoms in total. The number of aliphatic carboxylic acids is 1. The molecule has 24 heavy (non-hydrogen) atoms. The predicted octanol–water partition coefficient (Wildman–Crippen LogP) is -2.23. The van der Waals surface area contributed by atoms with Gasteiger partial charge in [-0.25, -0.2) is 0 Å². The standard InChI is InChI=1S/C14H24N4O6/c1-9(19)7-16-12(21)8-17-14(24)10(3-4-13(22)23)18-11(20)5-6-15-2/h10,15H,3-8H2,1-2H3,(H,16,21)(H,17,24)(H,18,20)(H,22,23)/t10-/m0/s1. The van der Waals surface area contributed by atoms with Gasteiger partial charge in [-0.1, -0.05) is 0 Å². The topological polar surface area (TPSA) is 154 Å². The Morgan fingerprint density at radius 3 is 2.17 bits per heavy atom. The van der Waals surface area contributed by atoms with Crippen molar-refractivity contribution in [3.05, 3.63) is 0 Å². The largest absolute Gasteiger partial charge is 0.481 e. The zero-order valence-corrected chi connectivity index (χ0v) is 13.8. The number of carboxylic acids is 1. The Labute approximate surface area is 139 Å². The van der Waals surface area contributed by atoms with E-state index < -0.39 is 29.7 Å². The van der Waals surface area contributed by atoms with E-state index in [1.165, 1.54) is 6.92 Å². The molecule has 1 atom stereocenters. The van der Waals surface area contributed by atoms with Crippen LogP contribution in [0.4, 0.5) is 0 Å². The monoisotopic (exact) mass is 344 g/mol. The van der Waals surface area contributed by atoms with Crippen LogP contribution < -0.4 is 21.3 Å². The Morgan fingerprint density at radius 2 is 1.62 bits per heavy atom. The van der Waals surface area contributed by atoms with Crippen molar-refractivity contribution in [1.82, 2.24) is 21.3 Å². The van der Waals surface area contributed by atoms with E-state index in [2.05, 4.69) is 21.3 Å². The first kappa shape index (κ1) is 21.5. The molecule has 3 amide bonds. The summed E-state index contributed by atoms with van der Waals surface area (Å²) in [5.41, 5.74) is 0. The van der Waals surface area contributed by atoms with Gasteiger partial charge in [-0.2, -0.15) is 0 Å². The van der Waals surface area contributed by atoms with Gasteiger partial charge < -0.3 is 26.4 Å². The van der Waals surface area contributed by atoms with Crippen LogP contribution in [0.15, 0.2) is 0 Å². The number of ketones is 1. The first-order valence-electron chi connectivity index (χ1n) is 7.45. The molecule has 0 aliphatic carbocycles. The van der Waals surface area contributed by atoms with E-state index in [1.54, 1.807) is 7.05 Å². The Morgan fingerprint density at radius 1 is 0.958 bits per heavy atom. The maximum atomic E-state index is 12.0. The van der Waals surface area contributed by atoms with Crippen LogP contribution >= 0.6 is 0 Å². The van der Waals surface area contributed by atoms with Gasteiger partial charge in [0.15, 0.2) is 0 Å². The molecule has 0 rings (SSSR count). The lowest BCUT2D eigenvalue weighted by atomic mass is 10.1. The Kier molecular flexibility index (Phi) is 10.8. The Bertz CT molecular complexity index is 480. The van der Waals surface area contributed by atoms with Gasteiger partial charge in [0, 0.05) is 19.4 Å². The van der Waals surface area contributed by atoms with Crippen LogP contribution in [0, 0.1) is 0 Å². The number of carbonyl (C=O) groups is 5. The second kappa shape index (κ2) is 12.0. The van der Waals surface area contributed by atoms with Crippen molar-refractivity contribution in [2.75, 3.05) is 26.7 Å². The molecule has 0 aliphatic heterocycles. The highest BCUT2D eigenvalue weighted by Crippen LogP contribution is 1.99. The van der Waals surface area contributed by atoms with Crippen LogP contribution in [0.1, 0.15) is 26.2 Å². The van der Waals surface area contributed by atoms with Crippen molar-refractivity contribution in [3.63, 3.8) is 0 Å². The highest BCUT2D eigenvalue weighted by atomic mass is 16.4. The lowest BCUT2D eigenvalue weighted by Gasteiger charge is -2.17. The molecule has 0 aromatic rings. The van der Waals surface area contributed by atoms with Crippen LogP contribution in [0.25, 0.3) is 0 Å². The molecule has 5 N–H and O–H groups in total. The number of hydrogen-bond acceptors (Lipinski definition) is 6. The number of Topliss-reactive ketones (excluding diaryl/α,β-unsaturated/α-hetero) is 1. The molecule has 0 bridgehead atoms. The van der Waals surface area contributed by atoms with E-state index in [-0.39, 0.29) is 38.1 Å². The zero-order valence-electron chi connectivity index (χ0n) is 13.8. The molecule has 0 heterocycles. The van der Waals surface area contributed by atoms with Gasteiger partial charge in [-0.05, 0) is 20.4 Å². The third-order valence-corrected chi connectivity index (χ3v) is 2.86. The molecule has 0 spiro atoms. The van der Waals surface area contributed by atoms with Gasteiger partial charge in [-0.3, -0.25) is 24.0 Å². The number of carboxylic acid groups (broad SMARTS) is 1. The van der Waals surface area contributed by atoms with E-state index in [1.807, 2.05) is 0 Å². The maximum Gasteiger partial charge on any atom is 0.303 e. The summed E-state index contributed by atoms with van der Waals surface area (Å²) < 4.78 is 0. The van der Waals surface area contributed by atoms with Crippen molar-refractivity contribution in [1.29, 1.82) is 0 Å². The van der Waals surface area contributed by atoms with Crippen LogP contribution in [-0.4, -0.2) is 67.3 Å². The number of amides is 3. The average Bonchev–Trinajstić information content (AvgIpc) is 2.52. The molecule has 0 aliphatic rings. The summed E-state index contributed by atoms with van der Waals surface area (Å²) in [5.74, 6) is -2.96. The Balaban J connectivity index is 4.49. The van der Waals surface area contributed by atoms with Gasteiger partial charge in [0.05, 0.1) is 13.1 Å². The van der Waals surface area contributed by atoms with Crippen molar-refractivity contribution < 1.29 is 29.1 Å². The summed E-state index contributed by atoms with van der Waals surface area (Å²) in [6.07, 6.45) is -0.269. The number of carbonyl (C=O) groups excluding carboxylic acids is 4. The molecule has 10 heteroatoms. The first-order valence-corrected chi connectivity index (χ1v) is 7.45. The van der Waals surface area contributed by atoms with Gasteiger partial charge in [0.2, 0.25) is 17.7 Å². The van der Waals surface area contributed by atoms with E-state index >= 15 is 0 Å². The molecular weight excluding hydrogens is 320 g/mol. The minimum atomic E-state index is -1.10. The fraction of sp³-hybridized carbons (Fsp3) is 0.643. The number of nitrogens with one attached hydrogen (secondary N) is 4. The minimum Gasteiger partial charge on any atom is -0.481 e. The van der Waals surface area contributed by atoms with Crippen molar-refractivity contribution in [2.24, 2.45) is 0 Å². The normalized spacial score (nSPS) is 11.2. The van der Waals surface area contributed by atoms with Crippen LogP contribution in [0.5, 0.6) is 0 Å². The molecule has 0 saturated carbocycles. The fourth-order valence-corrected chi connectivity index (χ4v) is 1.62. The van der Waals surface area contributed by atoms with Crippen molar-refractivity contribution in [2.45, 2.75) is 32.2 Å². The summed E-state index contributed by atoms with van der Waals surface area (Å²) in [6, 6.07) is -1.05. The lowest BCUT2D eigenvalue weighted by Crippen LogP contribution is -2.49. The molecule has 0 fully saturated rings. The van der Waals surface area contributed by atoms with Gasteiger partial charge in [-0.15, -0.1) is 0 Å². The fourth-order valence-electron chi connectivity index (χ4n) is 1.62. The SMILES string of the molecule is CNCCC(=O)N[C@@H](CCC(=O)O)C(=O)NCC(=O)NCC(C)=O. The lowest BCUT2D eigenvalue weighted by molar-refractivity contribution is -0.138. The zero-order chi connectivity index (χ0) is 18.5. The summed E-state index contributed by atoms with van der Waals surface area (Å²) >= 11 is 0. The van der Waals surface area contributed by atoms with E-state index in [4.69, 9.17) is 5.11 Å². The molecular formula is C14H24N4O6. The van der Waals surface area contributed by atoms with Gasteiger partial charge in [0.1, 0.15) is 11.8 Å². The third-order valence-electron chi connectivity index (χ3n) is 2.86. The van der Waals surface area contributed by atoms with Crippen LogP contribution in [0.2, 0.25) is 0 Å². The number of rotatable bonds is 12. The molecule has 136 valence electrons. The van der Waals surface area contributed by atoms with Gasteiger partial charge >= 0.3 is 5.97 Å². The minimum absolute atomic E-state index is 0.0957. The summed E-state index contributed by atoms with van der Waals surface area (Å²) in [6.45, 7) is 1.20. The highest BCUT2D eigenvalue weighted by molar-refractivity contribution is 5.91. The maximum absolute atomic E-state index is 12.0.